The number of H-pyrrole nitrogens is 1. The molecule has 0 atom stereocenters. The number of hydrogen-bond donors (Lipinski definition) is 3. The molecule has 0 radical (unpaired) electrons. The van der Waals surface area contributed by atoms with Crippen LogP contribution in [-0.4, -0.2) is 23.5 Å². The third-order valence-corrected chi connectivity index (χ3v) is 7.06. The van der Waals surface area contributed by atoms with Crippen LogP contribution < -0.4 is 20.3 Å². The third-order valence-electron chi connectivity index (χ3n) is 7.06. The van der Waals surface area contributed by atoms with Crippen LogP contribution in [0.4, 0.5) is 27.5 Å². The molecule has 7 heteroatoms. The molecule has 1 aromatic heterocycles. The lowest BCUT2D eigenvalue weighted by Gasteiger charge is -2.22. The van der Waals surface area contributed by atoms with Crippen LogP contribution in [0.3, 0.4) is 0 Å². The Bertz CT molecular complexity index is 1800. The maximum Gasteiger partial charge on any atom is 0.424 e. The van der Waals surface area contributed by atoms with E-state index in [0.29, 0.717) is 35.7 Å². The van der Waals surface area contributed by atoms with Crippen LogP contribution in [0.2, 0.25) is 0 Å². The molecule has 0 saturated heterocycles. The molecule has 0 spiro atoms. The molecule has 5 aromatic carbocycles. The van der Waals surface area contributed by atoms with Crippen LogP contribution in [0, 0.1) is 0 Å². The summed E-state index contributed by atoms with van der Waals surface area (Å²) in [5, 5.41) is 7.29. The van der Waals surface area contributed by atoms with Gasteiger partial charge in [0.15, 0.2) is 0 Å². The number of nitrogens with one attached hydrogen (secondary N) is 3. The molecule has 0 aliphatic rings. The SMILES string of the molecule is O=C(NCCc1c[nH]c2ccc(OC(=O)N(c3ccccc3)c3ccccc3)cc12)c1ccccc1Nc1ccccc1. The maximum absolute atomic E-state index is 13.4. The highest BCUT2D eigenvalue weighted by Crippen LogP contribution is 2.29. The van der Waals surface area contributed by atoms with Crippen molar-refractivity contribution in [2.45, 2.75) is 6.42 Å². The predicted octanol–water partition coefficient (Wildman–Crippen LogP) is 8.22. The molecule has 0 aliphatic heterocycles. The van der Waals surface area contributed by atoms with E-state index in [0.717, 1.165) is 27.8 Å². The summed E-state index contributed by atoms with van der Waals surface area (Å²) in [4.78, 5) is 31.4. The van der Waals surface area contributed by atoms with E-state index in [4.69, 9.17) is 4.74 Å². The third kappa shape index (κ3) is 6.41. The van der Waals surface area contributed by atoms with Crippen molar-refractivity contribution in [2.75, 3.05) is 16.8 Å². The number of carbonyl (C=O) groups excluding carboxylic acids is 2. The van der Waals surface area contributed by atoms with Crippen LogP contribution in [0.5, 0.6) is 5.75 Å². The largest absolute Gasteiger partial charge is 0.424 e. The molecule has 2 amide bonds. The van der Waals surface area contributed by atoms with Crippen molar-refractivity contribution in [3.63, 3.8) is 0 Å². The molecular formula is C36H30N4O3. The van der Waals surface area contributed by atoms with Gasteiger partial charge in [-0.3, -0.25) is 4.79 Å². The Balaban J connectivity index is 1.14. The lowest BCUT2D eigenvalue weighted by atomic mass is 10.1. The Kier molecular flexibility index (Phi) is 8.13. The maximum atomic E-state index is 13.4. The average Bonchev–Trinajstić information content (AvgIpc) is 3.45. The number of anilines is 4. The molecule has 0 unspecified atom stereocenters. The van der Waals surface area contributed by atoms with Crippen LogP contribution >= 0.6 is 0 Å². The zero-order chi connectivity index (χ0) is 29.4. The number of amides is 2. The number of benzene rings is 5. The Morgan fingerprint density at radius 1 is 0.721 bits per heavy atom. The monoisotopic (exact) mass is 566 g/mol. The van der Waals surface area contributed by atoms with Gasteiger partial charge >= 0.3 is 6.09 Å². The molecule has 6 aromatic rings. The fourth-order valence-electron chi connectivity index (χ4n) is 4.96. The second-order valence-corrected chi connectivity index (χ2v) is 9.94. The zero-order valence-corrected chi connectivity index (χ0v) is 23.4. The van der Waals surface area contributed by atoms with E-state index < -0.39 is 6.09 Å². The summed E-state index contributed by atoms with van der Waals surface area (Å²) in [7, 11) is 0. The zero-order valence-electron chi connectivity index (χ0n) is 23.4. The van der Waals surface area contributed by atoms with Crippen molar-refractivity contribution < 1.29 is 14.3 Å². The van der Waals surface area contributed by atoms with Gasteiger partial charge in [0.1, 0.15) is 5.75 Å². The van der Waals surface area contributed by atoms with Gasteiger partial charge < -0.3 is 20.4 Å². The van der Waals surface area contributed by atoms with E-state index in [1.54, 1.807) is 17.0 Å². The molecule has 43 heavy (non-hydrogen) atoms. The van der Waals surface area contributed by atoms with E-state index in [9.17, 15) is 9.59 Å². The van der Waals surface area contributed by atoms with Gasteiger partial charge in [0.25, 0.3) is 5.91 Å². The second-order valence-electron chi connectivity index (χ2n) is 9.94. The van der Waals surface area contributed by atoms with Crippen LogP contribution in [0.15, 0.2) is 140 Å². The fraction of sp³-hybridized carbons (Fsp3) is 0.0556. The van der Waals surface area contributed by atoms with Gasteiger partial charge in [-0.15, -0.1) is 0 Å². The smallest absolute Gasteiger partial charge is 0.410 e. The van der Waals surface area contributed by atoms with Crippen LogP contribution in [-0.2, 0) is 6.42 Å². The van der Waals surface area contributed by atoms with Gasteiger partial charge in [-0.25, -0.2) is 9.69 Å². The fourth-order valence-corrected chi connectivity index (χ4v) is 4.96. The summed E-state index contributed by atoms with van der Waals surface area (Å²) in [6.07, 6.45) is 2.01. The number of nitrogens with zero attached hydrogens (tertiary/aromatic N) is 1. The summed E-state index contributed by atoms with van der Waals surface area (Å²) in [5.41, 5.74) is 5.56. The van der Waals surface area contributed by atoms with Crippen molar-refractivity contribution in [3.8, 4) is 5.75 Å². The minimum Gasteiger partial charge on any atom is -0.410 e. The molecule has 0 aliphatic carbocycles. The molecule has 0 saturated carbocycles. The Hall–Kier alpha value is -5.82. The lowest BCUT2D eigenvalue weighted by Crippen LogP contribution is -2.29. The first kappa shape index (κ1) is 27.4. The number of aromatic nitrogens is 1. The summed E-state index contributed by atoms with van der Waals surface area (Å²) in [6, 6.07) is 41.5. The van der Waals surface area contributed by atoms with Gasteiger partial charge in [0.05, 0.1) is 22.6 Å². The molecular weight excluding hydrogens is 536 g/mol. The predicted molar refractivity (Wildman–Crippen MR) is 172 cm³/mol. The Morgan fingerprint density at radius 3 is 2.05 bits per heavy atom. The van der Waals surface area contributed by atoms with Gasteiger partial charge in [-0.1, -0.05) is 66.7 Å². The highest BCUT2D eigenvalue weighted by molar-refractivity contribution is 6.00. The molecule has 212 valence electrons. The number of hydrogen-bond acceptors (Lipinski definition) is 4. The van der Waals surface area contributed by atoms with Gasteiger partial charge in [0, 0.05) is 29.3 Å². The minimum atomic E-state index is -0.510. The molecule has 0 fully saturated rings. The average molecular weight is 567 g/mol. The number of carbonyl (C=O) groups is 2. The van der Waals surface area contributed by atoms with E-state index in [-0.39, 0.29) is 5.91 Å². The first-order valence-corrected chi connectivity index (χ1v) is 14.1. The minimum absolute atomic E-state index is 0.157. The summed E-state index contributed by atoms with van der Waals surface area (Å²) in [5.74, 6) is 0.274. The summed E-state index contributed by atoms with van der Waals surface area (Å²) < 4.78 is 5.88. The highest BCUT2D eigenvalue weighted by atomic mass is 16.6. The first-order chi connectivity index (χ1) is 21.2. The number of ether oxygens (including phenoxy) is 1. The number of fused-ring (bicyclic) bond motifs is 1. The standard InChI is InChI=1S/C36H30N4O3/c41-35(31-18-10-11-19-34(31)39-27-12-4-1-5-13-27)37-23-22-26-25-38-33-21-20-30(24-32(26)33)43-36(42)40(28-14-6-2-7-15-28)29-16-8-3-9-17-29/h1-21,24-25,38-39H,22-23H2,(H,37,41). The topological polar surface area (TPSA) is 86.5 Å². The molecule has 1 heterocycles. The second kappa shape index (κ2) is 12.8. The molecule has 0 bridgehead atoms. The van der Waals surface area contributed by atoms with Crippen molar-refractivity contribution in [3.05, 3.63) is 151 Å². The van der Waals surface area contributed by atoms with Crippen molar-refractivity contribution in [2.24, 2.45) is 0 Å². The van der Waals surface area contributed by atoms with E-state index in [2.05, 4.69) is 15.6 Å². The summed E-state index contributed by atoms with van der Waals surface area (Å²) in [6.45, 7) is 0.436. The van der Waals surface area contributed by atoms with E-state index in [1.165, 1.54) is 0 Å². The Labute approximate surface area is 249 Å². The van der Waals surface area contributed by atoms with Gasteiger partial charge in [0.2, 0.25) is 0 Å². The highest BCUT2D eigenvalue weighted by Gasteiger charge is 2.20. The summed E-state index contributed by atoms with van der Waals surface area (Å²) >= 11 is 0. The van der Waals surface area contributed by atoms with E-state index in [1.807, 2.05) is 128 Å². The van der Waals surface area contributed by atoms with E-state index >= 15 is 0 Å². The first-order valence-electron chi connectivity index (χ1n) is 14.1. The number of para-hydroxylation sites is 4. The van der Waals surface area contributed by atoms with Crippen LogP contribution in [0.25, 0.3) is 10.9 Å². The van der Waals surface area contributed by atoms with Crippen molar-refractivity contribution in [1.82, 2.24) is 10.3 Å². The number of rotatable bonds is 9. The Morgan fingerprint density at radius 2 is 1.35 bits per heavy atom. The van der Waals surface area contributed by atoms with Gasteiger partial charge in [-0.05, 0) is 78.7 Å². The molecule has 6 rings (SSSR count). The van der Waals surface area contributed by atoms with Gasteiger partial charge in [-0.2, -0.15) is 0 Å². The van der Waals surface area contributed by atoms with Crippen LogP contribution in [0.1, 0.15) is 15.9 Å². The molecule has 3 N–H and O–H groups in total. The number of aromatic amines is 1. The molecule has 7 nitrogen and oxygen atoms in total. The van der Waals surface area contributed by atoms with Crippen molar-refractivity contribution >= 4 is 45.7 Å². The lowest BCUT2D eigenvalue weighted by molar-refractivity contribution is 0.0955. The normalized spacial score (nSPS) is 10.7. The van der Waals surface area contributed by atoms with Crippen molar-refractivity contribution in [1.29, 1.82) is 0 Å². The quantitative estimate of drug-likeness (QED) is 0.165.